The van der Waals surface area contributed by atoms with E-state index in [0.717, 1.165) is 26.0 Å². The third-order valence-electron chi connectivity index (χ3n) is 2.94. The van der Waals surface area contributed by atoms with Gasteiger partial charge in [-0.1, -0.05) is 30.3 Å². The minimum absolute atomic E-state index is 0.0661. The Hall–Kier alpha value is -2.05. The van der Waals surface area contributed by atoms with Crippen LogP contribution in [0.5, 0.6) is 0 Å². The lowest BCUT2D eigenvalue weighted by Crippen LogP contribution is -2.08. The molecule has 0 aliphatic heterocycles. The van der Waals surface area contributed by atoms with Crippen molar-refractivity contribution in [3.63, 3.8) is 0 Å². The third-order valence-corrected chi connectivity index (χ3v) is 5.25. The topological polar surface area (TPSA) is 75.9 Å². The van der Waals surface area contributed by atoms with E-state index < -0.39 is 0 Å². The molecule has 21 heavy (non-hydrogen) atoms. The van der Waals surface area contributed by atoms with Gasteiger partial charge in [0.15, 0.2) is 5.76 Å². The Bertz CT molecular complexity index is 777. The maximum absolute atomic E-state index is 7.55. The van der Waals surface area contributed by atoms with Gasteiger partial charge in [0.2, 0.25) is 5.89 Å². The van der Waals surface area contributed by atoms with E-state index in [1.165, 1.54) is 11.3 Å². The van der Waals surface area contributed by atoms with Crippen LogP contribution in [0.25, 0.3) is 22.8 Å². The van der Waals surface area contributed by atoms with Gasteiger partial charge in [0.1, 0.15) is 5.84 Å². The molecule has 1 aromatic carbocycles. The second kappa shape index (κ2) is 5.75. The van der Waals surface area contributed by atoms with Gasteiger partial charge < -0.3 is 10.2 Å². The summed E-state index contributed by atoms with van der Waals surface area (Å²) in [4.78, 5) is 5.09. The Morgan fingerprint density at radius 2 is 2.10 bits per heavy atom. The first-order valence-corrected chi connectivity index (χ1v) is 8.27. The van der Waals surface area contributed by atoms with Crippen LogP contribution in [0.2, 0.25) is 0 Å². The van der Waals surface area contributed by atoms with E-state index >= 15 is 0 Å². The third kappa shape index (κ3) is 2.72. The second-order valence-corrected chi connectivity index (χ2v) is 6.45. The molecule has 0 unspecified atom stereocenters. The number of nitrogens with two attached hydrogens (primary N) is 1. The molecule has 106 valence electrons. The molecule has 0 bridgehead atoms. The monoisotopic (exact) mass is 315 g/mol. The number of amidine groups is 1. The van der Waals surface area contributed by atoms with Crippen molar-refractivity contribution < 1.29 is 4.42 Å². The van der Waals surface area contributed by atoms with E-state index in [4.69, 9.17) is 15.6 Å². The maximum Gasteiger partial charge on any atom is 0.228 e. The fourth-order valence-corrected chi connectivity index (χ4v) is 3.65. The van der Waals surface area contributed by atoms with Crippen molar-refractivity contribution in [2.75, 3.05) is 6.26 Å². The minimum atomic E-state index is 0.0661. The van der Waals surface area contributed by atoms with Crippen molar-refractivity contribution in [1.29, 1.82) is 5.41 Å². The minimum Gasteiger partial charge on any atom is -0.436 e. The lowest BCUT2D eigenvalue weighted by atomic mass is 10.2. The van der Waals surface area contributed by atoms with E-state index in [1.807, 2.05) is 42.7 Å². The molecule has 2 aromatic heterocycles. The molecule has 0 atom stereocenters. The van der Waals surface area contributed by atoms with Crippen molar-refractivity contribution in [1.82, 2.24) is 4.98 Å². The molecule has 0 saturated heterocycles. The highest BCUT2D eigenvalue weighted by Gasteiger charge is 2.17. The zero-order valence-electron chi connectivity index (χ0n) is 11.3. The van der Waals surface area contributed by atoms with Crippen LogP contribution in [0.1, 0.15) is 4.88 Å². The zero-order valence-corrected chi connectivity index (χ0v) is 12.9. The number of nitrogen functional groups attached to an aromatic ring is 1. The number of benzene rings is 1. The van der Waals surface area contributed by atoms with E-state index in [0.29, 0.717) is 5.89 Å². The number of oxazole rings is 1. The first kappa shape index (κ1) is 13.9. The van der Waals surface area contributed by atoms with Crippen LogP contribution in [0.4, 0.5) is 0 Å². The summed E-state index contributed by atoms with van der Waals surface area (Å²) >= 11 is 3.08. The smallest absolute Gasteiger partial charge is 0.228 e. The largest absolute Gasteiger partial charge is 0.436 e. The molecule has 0 spiro atoms. The molecule has 3 aromatic rings. The van der Waals surface area contributed by atoms with Crippen molar-refractivity contribution in [3.05, 3.63) is 47.5 Å². The molecule has 6 heteroatoms. The SMILES string of the molecule is CSc1sc(C(=N)N)cc1-c1ncc(-c2ccccc2)o1. The normalized spacial score (nSPS) is 10.7. The highest BCUT2D eigenvalue weighted by Crippen LogP contribution is 2.38. The van der Waals surface area contributed by atoms with Gasteiger partial charge >= 0.3 is 0 Å². The molecule has 0 amide bonds. The predicted molar refractivity (Wildman–Crippen MR) is 88.0 cm³/mol. The summed E-state index contributed by atoms with van der Waals surface area (Å²) in [5.74, 6) is 1.35. The van der Waals surface area contributed by atoms with Crippen molar-refractivity contribution in [2.45, 2.75) is 4.21 Å². The molecule has 4 nitrogen and oxygen atoms in total. The number of nitrogens with one attached hydrogen (secondary N) is 1. The first-order chi connectivity index (χ1) is 10.2. The van der Waals surface area contributed by atoms with E-state index in [2.05, 4.69) is 4.98 Å². The molecule has 0 saturated carbocycles. The summed E-state index contributed by atoms with van der Waals surface area (Å²) in [7, 11) is 0. The molecular formula is C15H13N3OS2. The number of hydrogen-bond donors (Lipinski definition) is 2. The Balaban J connectivity index is 2.02. The van der Waals surface area contributed by atoms with Crippen LogP contribution >= 0.6 is 23.1 Å². The van der Waals surface area contributed by atoms with Gasteiger partial charge in [-0.15, -0.1) is 23.1 Å². The van der Waals surface area contributed by atoms with Crippen LogP contribution in [-0.4, -0.2) is 17.1 Å². The summed E-state index contributed by atoms with van der Waals surface area (Å²) in [6.45, 7) is 0. The van der Waals surface area contributed by atoms with Gasteiger partial charge in [0.25, 0.3) is 0 Å². The van der Waals surface area contributed by atoms with Gasteiger partial charge in [0, 0.05) is 5.56 Å². The van der Waals surface area contributed by atoms with Crippen LogP contribution in [0.15, 0.2) is 51.2 Å². The molecule has 0 radical (unpaired) electrons. The Morgan fingerprint density at radius 1 is 1.33 bits per heavy atom. The quantitative estimate of drug-likeness (QED) is 0.432. The summed E-state index contributed by atoms with van der Waals surface area (Å²) in [5.41, 5.74) is 7.44. The average Bonchev–Trinajstić information content (AvgIpc) is 3.14. The van der Waals surface area contributed by atoms with Crippen molar-refractivity contribution in [2.24, 2.45) is 5.73 Å². The lowest BCUT2D eigenvalue weighted by Gasteiger charge is -1.96. The van der Waals surface area contributed by atoms with Gasteiger partial charge in [-0.2, -0.15) is 0 Å². The average molecular weight is 315 g/mol. The van der Waals surface area contributed by atoms with Crippen molar-refractivity contribution >= 4 is 28.9 Å². The lowest BCUT2D eigenvalue weighted by molar-refractivity contribution is 0.588. The van der Waals surface area contributed by atoms with Gasteiger partial charge in [-0.25, -0.2) is 4.98 Å². The summed E-state index contributed by atoms with van der Waals surface area (Å²) in [6.07, 6.45) is 3.71. The van der Waals surface area contributed by atoms with Crippen LogP contribution in [-0.2, 0) is 0 Å². The number of hydrogen-bond acceptors (Lipinski definition) is 5. The summed E-state index contributed by atoms with van der Waals surface area (Å²) < 4.78 is 6.91. The molecule has 3 N–H and O–H groups in total. The van der Waals surface area contributed by atoms with Crippen molar-refractivity contribution in [3.8, 4) is 22.8 Å². The maximum atomic E-state index is 7.55. The molecule has 2 heterocycles. The van der Waals surface area contributed by atoms with E-state index in [-0.39, 0.29) is 5.84 Å². The highest BCUT2D eigenvalue weighted by atomic mass is 32.2. The number of nitrogens with zero attached hydrogens (tertiary/aromatic N) is 1. The van der Waals surface area contributed by atoms with Gasteiger partial charge in [-0.05, 0) is 12.3 Å². The Morgan fingerprint density at radius 3 is 2.76 bits per heavy atom. The Labute approximate surface area is 130 Å². The van der Waals surface area contributed by atoms with Crippen LogP contribution < -0.4 is 5.73 Å². The number of thiophene rings is 1. The fourth-order valence-electron chi connectivity index (χ4n) is 1.94. The first-order valence-electron chi connectivity index (χ1n) is 6.23. The molecule has 0 aliphatic carbocycles. The van der Waals surface area contributed by atoms with E-state index in [1.54, 1.807) is 18.0 Å². The van der Waals surface area contributed by atoms with Crippen LogP contribution in [0.3, 0.4) is 0 Å². The molecule has 0 fully saturated rings. The van der Waals surface area contributed by atoms with Gasteiger partial charge in [0.05, 0.1) is 20.8 Å². The highest BCUT2D eigenvalue weighted by molar-refractivity contribution is 8.00. The van der Waals surface area contributed by atoms with Crippen LogP contribution in [0, 0.1) is 5.41 Å². The van der Waals surface area contributed by atoms with E-state index in [9.17, 15) is 0 Å². The summed E-state index contributed by atoms with van der Waals surface area (Å²) in [5, 5.41) is 7.55. The van der Waals surface area contributed by atoms with Gasteiger partial charge in [-0.3, -0.25) is 5.41 Å². The number of rotatable bonds is 4. The standard InChI is InChI=1S/C15H13N3OS2/c1-20-15-10(7-12(21-15)13(16)17)14-18-8-11(19-14)9-5-3-2-4-6-9/h2-8H,1H3,(H3,16,17). The number of aromatic nitrogens is 1. The fraction of sp³-hybridized carbons (Fsp3) is 0.0667. The predicted octanol–water partition coefficient (Wildman–Crippen LogP) is 4.08. The Kier molecular flexibility index (Phi) is 3.81. The molecule has 0 aliphatic rings. The number of thioether (sulfide) groups is 1. The second-order valence-electron chi connectivity index (χ2n) is 4.33. The zero-order chi connectivity index (χ0) is 14.8. The molecular weight excluding hydrogens is 302 g/mol. The summed E-state index contributed by atoms with van der Waals surface area (Å²) in [6, 6.07) is 11.7. The molecule has 3 rings (SSSR count).